The van der Waals surface area contributed by atoms with Gasteiger partial charge in [0.15, 0.2) is 0 Å². The monoisotopic (exact) mass is 414 g/mol. The smallest absolute Gasteiger partial charge is 0.269 e. The van der Waals surface area contributed by atoms with Gasteiger partial charge in [0.1, 0.15) is 11.5 Å². The van der Waals surface area contributed by atoms with Gasteiger partial charge in [0.25, 0.3) is 11.6 Å². The molecule has 0 aliphatic rings. The fourth-order valence-corrected chi connectivity index (χ4v) is 3.01. The van der Waals surface area contributed by atoms with E-state index in [0.717, 1.165) is 16.5 Å². The fourth-order valence-electron chi connectivity index (χ4n) is 3.01. The Labute approximate surface area is 177 Å². The van der Waals surface area contributed by atoms with Crippen molar-refractivity contribution in [1.29, 1.82) is 0 Å². The van der Waals surface area contributed by atoms with Crippen molar-refractivity contribution >= 4 is 34.3 Å². The Morgan fingerprint density at radius 3 is 2.55 bits per heavy atom. The Balaban J connectivity index is 1.30. The van der Waals surface area contributed by atoms with Crippen LogP contribution in [0.25, 0.3) is 22.1 Å². The molecule has 2 N–H and O–H groups in total. The maximum Gasteiger partial charge on any atom is 0.269 e. The van der Waals surface area contributed by atoms with Crippen LogP contribution < -0.4 is 10.7 Å². The van der Waals surface area contributed by atoms with Crippen molar-refractivity contribution in [2.75, 3.05) is 11.9 Å². The molecule has 0 saturated carbocycles. The number of amides is 1. The molecule has 0 bridgehead atoms. The van der Waals surface area contributed by atoms with Crippen molar-refractivity contribution in [1.82, 2.24) is 5.43 Å². The van der Waals surface area contributed by atoms with Gasteiger partial charge in [-0.15, -0.1) is 0 Å². The van der Waals surface area contributed by atoms with Gasteiger partial charge in [-0.25, -0.2) is 5.43 Å². The fraction of sp³-hybridized carbons (Fsp3) is 0.0435. The number of anilines is 1. The molecule has 31 heavy (non-hydrogen) atoms. The maximum atomic E-state index is 12.0. The molecular weight excluding hydrogens is 396 g/mol. The summed E-state index contributed by atoms with van der Waals surface area (Å²) < 4.78 is 5.64. The number of carbonyl (C=O) groups excluding carboxylic acids is 1. The van der Waals surface area contributed by atoms with Gasteiger partial charge < -0.3 is 9.73 Å². The highest BCUT2D eigenvalue weighted by molar-refractivity contribution is 5.87. The lowest BCUT2D eigenvalue weighted by atomic mass is 10.1. The molecule has 1 heterocycles. The van der Waals surface area contributed by atoms with Gasteiger partial charge in [0, 0.05) is 23.4 Å². The lowest BCUT2D eigenvalue weighted by Crippen LogP contribution is -2.25. The number of hydrazone groups is 1. The van der Waals surface area contributed by atoms with E-state index in [0.29, 0.717) is 17.1 Å². The molecule has 1 aromatic heterocycles. The van der Waals surface area contributed by atoms with Gasteiger partial charge in [-0.3, -0.25) is 14.9 Å². The summed E-state index contributed by atoms with van der Waals surface area (Å²) in [6.07, 6.45) is 1.39. The second-order valence-electron chi connectivity index (χ2n) is 6.71. The van der Waals surface area contributed by atoms with Gasteiger partial charge >= 0.3 is 0 Å². The molecule has 3 aromatic carbocycles. The summed E-state index contributed by atoms with van der Waals surface area (Å²) in [4.78, 5) is 22.3. The van der Waals surface area contributed by atoms with Crippen LogP contribution in [0.3, 0.4) is 0 Å². The zero-order valence-corrected chi connectivity index (χ0v) is 16.3. The number of nitrogens with zero attached hydrogens (tertiary/aromatic N) is 2. The molecule has 0 fully saturated rings. The first-order valence-corrected chi connectivity index (χ1v) is 9.48. The first kappa shape index (κ1) is 19.8. The van der Waals surface area contributed by atoms with Gasteiger partial charge in [-0.1, -0.05) is 30.3 Å². The maximum absolute atomic E-state index is 12.0. The molecule has 8 heteroatoms. The predicted molar refractivity (Wildman–Crippen MR) is 119 cm³/mol. The highest BCUT2D eigenvalue weighted by atomic mass is 16.6. The van der Waals surface area contributed by atoms with E-state index in [4.69, 9.17) is 4.42 Å². The quantitative estimate of drug-likeness (QED) is 0.261. The summed E-state index contributed by atoms with van der Waals surface area (Å²) in [7, 11) is 0. The normalized spacial score (nSPS) is 11.0. The number of nitro benzene ring substituents is 1. The third kappa shape index (κ3) is 4.94. The number of furan rings is 1. The van der Waals surface area contributed by atoms with Crippen LogP contribution in [0.1, 0.15) is 5.76 Å². The van der Waals surface area contributed by atoms with E-state index < -0.39 is 4.92 Å². The first-order valence-electron chi connectivity index (χ1n) is 9.48. The number of hydrogen-bond donors (Lipinski definition) is 2. The number of carbonyl (C=O) groups is 1. The summed E-state index contributed by atoms with van der Waals surface area (Å²) in [6.45, 7) is 0.0713. The molecule has 0 saturated heterocycles. The minimum Gasteiger partial charge on any atom is -0.455 e. The molecule has 0 radical (unpaired) electrons. The molecule has 0 spiro atoms. The molecule has 154 valence electrons. The lowest BCUT2D eigenvalue weighted by molar-refractivity contribution is -0.384. The number of benzene rings is 3. The average Bonchev–Trinajstić information content (AvgIpc) is 3.26. The standard InChI is InChI=1S/C23H18N4O4/c28-23(15-24-19-8-5-16-3-1-2-4-18(16)13-19)26-25-14-21-11-12-22(31-21)17-6-9-20(10-7-17)27(29)30/h1-14,24H,15H2,(H,26,28). The van der Waals surface area contributed by atoms with Crippen molar-refractivity contribution in [3.05, 3.63) is 94.7 Å². The third-order valence-electron chi connectivity index (χ3n) is 4.57. The lowest BCUT2D eigenvalue weighted by Gasteiger charge is -2.06. The summed E-state index contributed by atoms with van der Waals surface area (Å²) in [5.74, 6) is 0.684. The van der Waals surface area contributed by atoms with Crippen molar-refractivity contribution in [2.45, 2.75) is 0 Å². The van der Waals surface area contributed by atoms with Crippen LogP contribution in [0.5, 0.6) is 0 Å². The van der Waals surface area contributed by atoms with Gasteiger partial charge in [0.2, 0.25) is 0 Å². The van der Waals surface area contributed by atoms with Crippen molar-refractivity contribution in [3.63, 3.8) is 0 Å². The first-order chi connectivity index (χ1) is 15.1. The van der Waals surface area contributed by atoms with Gasteiger partial charge in [-0.05, 0) is 47.2 Å². The molecule has 1 amide bonds. The average molecular weight is 414 g/mol. The van der Waals surface area contributed by atoms with Crippen LogP contribution in [0, 0.1) is 10.1 Å². The Morgan fingerprint density at radius 2 is 1.77 bits per heavy atom. The van der Waals surface area contributed by atoms with Crippen molar-refractivity contribution in [3.8, 4) is 11.3 Å². The van der Waals surface area contributed by atoms with Crippen LogP contribution in [0.2, 0.25) is 0 Å². The van der Waals surface area contributed by atoms with E-state index in [1.165, 1.54) is 18.3 Å². The molecule has 4 aromatic rings. The van der Waals surface area contributed by atoms with Crippen LogP contribution in [-0.4, -0.2) is 23.6 Å². The molecule has 0 aliphatic carbocycles. The second kappa shape index (κ2) is 8.91. The van der Waals surface area contributed by atoms with Crippen LogP contribution in [0.4, 0.5) is 11.4 Å². The van der Waals surface area contributed by atoms with E-state index >= 15 is 0 Å². The Hall–Kier alpha value is -4.46. The zero-order valence-electron chi connectivity index (χ0n) is 16.3. The van der Waals surface area contributed by atoms with Crippen LogP contribution in [-0.2, 0) is 4.79 Å². The predicted octanol–water partition coefficient (Wildman–Crippen LogP) is 4.57. The molecule has 0 aliphatic heterocycles. The SMILES string of the molecule is O=C(CNc1ccc2ccccc2c1)NN=Cc1ccc(-c2ccc([N+](=O)[O-])cc2)o1. The molecule has 8 nitrogen and oxygen atoms in total. The topological polar surface area (TPSA) is 110 Å². The number of non-ortho nitro benzene ring substituents is 1. The number of fused-ring (bicyclic) bond motifs is 1. The molecular formula is C23H18N4O4. The number of nitro groups is 1. The Morgan fingerprint density at radius 1 is 1.00 bits per heavy atom. The molecule has 4 rings (SSSR count). The third-order valence-corrected chi connectivity index (χ3v) is 4.57. The van der Waals surface area contributed by atoms with E-state index in [-0.39, 0.29) is 18.1 Å². The second-order valence-corrected chi connectivity index (χ2v) is 6.71. The van der Waals surface area contributed by atoms with E-state index in [2.05, 4.69) is 15.8 Å². The summed E-state index contributed by atoms with van der Waals surface area (Å²) in [6, 6.07) is 23.3. The Kier molecular flexibility index (Phi) is 5.70. The number of rotatable bonds is 7. The molecule has 0 unspecified atom stereocenters. The van der Waals surface area contributed by atoms with E-state index in [9.17, 15) is 14.9 Å². The summed E-state index contributed by atoms with van der Waals surface area (Å²) in [5, 5.41) is 19.9. The minimum atomic E-state index is -0.457. The summed E-state index contributed by atoms with van der Waals surface area (Å²) >= 11 is 0. The van der Waals surface area contributed by atoms with Gasteiger partial charge in [-0.2, -0.15) is 5.10 Å². The van der Waals surface area contributed by atoms with E-state index in [1.807, 2.05) is 42.5 Å². The zero-order chi connectivity index (χ0) is 21.6. The number of nitrogens with one attached hydrogen (secondary N) is 2. The highest BCUT2D eigenvalue weighted by Crippen LogP contribution is 2.24. The van der Waals surface area contributed by atoms with E-state index in [1.54, 1.807) is 24.3 Å². The minimum absolute atomic E-state index is 0.0112. The van der Waals surface area contributed by atoms with Crippen molar-refractivity contribution in [2.24, 2.45) is 5.10 Å². The largest absolute Gasteiger partial charge is 0.455 e. The molecule has 0 atom stereocenters. The van der Waals surface area contributed by atoms with Gasteiger partial charge in [0.05, 0.1) is 17.7 Å². The number of hydrogen-bond acceptors (Lipinski definition) is 6. The van der Waals surface area contributed by atoms with Crippen LogP contribution >= 0.6 is 0 Å². The summed E-state index contributed by atoms with van der Waals surface area (Å²) in [5.41, 5.74) is 4.00. The highest BCUT2D eigenvalue weighted by Gasteiger charge is 2.08. The van der Waals surface area contributed by atoms with Crippen LogP contribution in [0.15, 0.2) is 88.4 Å². The Bertz CT molecular complexity index is 1260. The van der Waals surface area contributed by atoms with Crippen molar-refractivity contribution < 1.29 is 14.1 Å².